The molecule has 7 nitrogen and oxygen atoms in total. The minimum absolute atomic E-state index is 0.174. The number of amides is 1. The summed E-state index contributed by atoms with van der Waals surface area (Å²) in [6.07, 6.45) is 2.11. The number of hydrogen-bond acceptors (Lipinski definition) is 5. The van der Waals surface area contributed by atoms with Gasteiger partial charge in [-0.05, 0) is 29.3 Å². The van der Waals surface area contributed by atoms with E-state index in [0.717, 1.165) is 16.8 Å². The molecule has 1 aliphatic heterocycles. The third kappa shape index (κ3) is 3.72. The summed E-state index contributed by atoms with van der Waals surface area (Å²) in [6.45, 7) is 0. The molecule has 2 heterocycles. The zero-order valence-electron chi connectivity index (χ0n) is 17.4. The highest BCUT2D eigenvalue weighted by atomic mass is 16.5. The minimum atomic E-state index is -0.335. The number of nitrogens with one attached hydrogen (secondary N) is 2. The van der Waals surface area contributed by atoms with Gasteiger partial charge < -0.3 is 10.1 Å². The number of aromatic nitrogens is 3. The molecule has 1 aromatic heterocycles. The van der Waals surface area contributed by atoms with Crippen molar-refractivity contribution in [3.05, 3.63) is 108 Å². The molecule has 3 aromatic carbocycles. The van der Waals surface area contributed by atoms with Crippen molar-refractivity contribution in [2.45, 2.75) is 6.04 Å². The predicted octanol–water partition coefficient (Wildman–Crippen LogP) is 4.60. The first-order valence-corrected chi connectivity index (χ1v) is 10.2. The van der Waals surface area contributed by atoms with Crippen LogP contribution in [0.25, 0.3) is 5.70 Å². The van der Waals surface area contributed by atoms with Gasteiger partial charge in [0.2, 0.25) is 5.95 Å². The number of methoxy groups -OCH3 is 1. The molecular formula is C25H21N5O2. The summed E-state index contributed by atoms with van der Waals surface area (Å²) in [5.74, 6) is 0.919. The summed E-state index contributed by atoms with van der Waals surface area (Å²) in [6, 6.07) is 27.0. The zero-order chi connectivity index (χ0) is 21.9. The molecule has 1 aliphatic rings. The van der Waals surface area contributed by atoms with Crippen LogP contribution in [-0.4, -0.2) is 27.8 Å². The predicted molar refractivity (Wildman–Crippen MR) is 124 cm³/mol. The van der Waals surface area contributed by atoms with Crippen LogP contribution in [0.2, 0.25) is 0 Å². The van der Waals surface area contributed by atoms with Crippen LogP contribution in [0.5, 0.6) is 5.75 Å². The number of allylic oxidation sites excluding steroid dienone is 1. The van der Waals surface area contributed by atoms with E-state index in [2.05, 4.69) is 26.8 Å². The quantitative estimate of drug-likeness (QED) is 0.491. The van der Waals surface area contributed by atoms with E-state index in [1.807, 2.05) is 66.7 Å². The molecule has 0 fully saturated rings. The Bertz CT molecular complexity index is 1280. The molecule has 0 saturated heterocycles. The third-order valence-corrected chi connectivity index (χ3v) is 5.27. The van der Waals surface area contributed by atoms with Crippen LogP contribution in [0.4, 0.5) is 11.9 Å². The van der Waals surface area contributed by atoms with Gasteiger partial charge in [0.05, 0.1) is 12.7 Å². The summed E-state index contributed by atoms with van der Waals surface area (Å²) >= 11 is 0. The molecule has 2 N–H and O–H groups in total. The molecular weight excluding hydrogens is 402 g/mol. The van der Waals surface area contributed by atoms with Crippen molar-refractivity contribution in [3.63, 3.8) is 0 Å². The Morgan fingerprint density at radius 2 is 1.66 bits per heavy atom. The number of carbonyl (C=O) groups is 1. The second-order valence-corrected chi connectivity index (χ2v) is 7.28. The van der Waals surface area contributed by atoms with E-state index in [9.17, 15) is 4.79 Å². The van der Waals surface area contributed by atoms with E-state index in [-0.39, 0.29) is 17.9 Å². The van der Waals surface area contributed by atoms with Gasteiger partial charge in [-0.15, -0.1) is 5.10 Å². The van der Waals surface area contributed by atoms with E-state index >= 15 is 0 Å². The number of fused-ring (bicyclic) bond motifs is 1. The van der Waals surface area contributed by atoms with Crippen molar-refractivity contribution in [3.8, 4) is 5.75 Å². The highest BCUT2D eigenvalue weighted by Gasteiger charge is 2.26. The average Bonchev–Trinajstić information content (AvgIpc) is 3.26. The number of ether oxygens (including phenoxy) is 1. The Kier molecular flexibility index (Phi) is 5.13. The standard InChI is InChI=1S/C25H21N5O2/c1-32-22-15-9-8-14-19(22)23(31)27-24-28-25-26-20(17-10-4-2-5-11-17)16-21(30(25)29-24)18-12-6-3-7-13-18/h2-16,21H,1H3,(H2,26,27,28,29,31). The molecule has 1 atom stereocenters. The third-order valence-electron chi connectivity index (χ3n) is 5.27. The normalized spacial score (nSPS) is 14.7. The first-order chi connectivity index (χ1) is 15.7. The lowest BCUT2D eigenvalue weighted by atomic mass is 10.0. The number of nitrogens with zero attached hydrogens (tertiary/aromatic N) is 3. The zero-order valence-corrected chi connectivity index (χ0v) is 17.4. The monoisotopic (exact) mass is 423 g/mol. The number of benzene rings is 3. The topological polar surface area (TPSA) is 81.1 Å². The van der Waals surface area contributed by atoms with Gasteiger partial charge in [0.1, 0.15) is 11.8 Å². The van der Waals surface area contributed by atoms with Crippen LogP contribution in [0.1, 0.15) is 27.5 Å². The van der Waals surface area contributed by atoms with Gasteiger partial charge in [-0.25, -0.2) is 4.68 Å². The van der Waals surface area contributed by atoms with Crippen LogP contribution >= 0.6 is 0 Å². The summed E-state index contributed by atoms with van der Waals surface area (Å²) in [4.78, 5) is 17.4. The Balaban J connectivity index is 1.50. The Labute approximate surface area is 185 Å². The molecule has 4 aromatic rings. The lowest BCUT2D eigenvalue weighted by molar-refractivity contribution is 0.102. The summed E-state index contributed by atoms with van der Waals surface area (Å²) < 4.78 is 7.07. The molecule has 32 heavy (non-hydrogen) atoms. The SMILES string of the molecule is COc1ccccc1C(=O)Nc1nc2n(n1)C(c1ccccc1)C=C(c1ccccc1)N2. The Morgan fingerprint density at radius 1 is 0.969 bits per heavy atom. The van der Waals surface area contributed by atoms with E-state index in [4.69, 9.17) is 4.74 Å². The molecule has 5 rings (SSSR count). The van der Waals surface area contributed by atoms with Gasteiger partial charge in [-0.2, -0.15) is 4.98 Å². The number of rotatable bonds is 5. The van der Waals surface area contributed by atoms with Crippen molar-refractivity contribution in [2.75, 3.05) is 17.7 Å². The second kappa shape index (κ2) is 8.39. The molecule has 158 valence electrons. The van der Waals surface area contributed by atoms with Crippen LogP contribution in [0.15, 0.2) is 91.0 Å². The van der Waals surface area contributed by atoms with Crippen molar-refractivity contribution >= 4 is 23.5 Å². The molecule has 0 saturated carbocycles. The van der Waals surface area contributed by atoms with E-state index in [0.29, 0.717) is 17.3 Å². The lowest BCUT2D eigenvalue weighted by Gasteiger charge is -2.24. The van der Waals surface area contributed by atoms with Crippen LogP contribution in [0, 0.1) is 0 Å². The molecule has 0 bridgehead atoms. The summed E-state index contributed by atoms with van der Waals surface area (Å²) in [5, 5.41) is 10.7. The second-order valence-electron chi connectivity index (χ2n) is 7.28. The number of para-hydroxylation sites is 1. The maximum atomic E-state index is 12.8. The maximum absolute atomic E-state index is 12.8. The van der Waals surface area contributed by atoms with Crippen LogP contribution < -0.4 is 15.4 Å². The Morgan fingerprint density at radius 3 is 2.41 bits per heavy atom. The van der Waals surface area contributed by atoms with Gasteiger partial charge in [-0.1, -0.05) is 72.8 Å². The van der Waals surface area contributed by atoms with Gasteiger partial charge in [-0.3, -0.25) is 10.1 Å². The van der Waals surface area contributed by atoms with Gasteiger partial charge in [0.15, 0.2) is 0 Å². The molecule has 7 heteroatoms. The highest BCUT2D eigenvalue weighted by molar-refractivity contribution is 6.05. The fraction of sp³-hybridized carbons (Fsp3) is 0.0800. The van der Waals surface area contributed by atoms with Gasteiger partial charge in [0, 0.05) is 5.70 Å². The number of carbonyl (C=O) groups excluding carboxylic acids is 1. The average molecular weight is 423 g/mol. The largest absolute Gasteiger partial charge is 0.496 e. The van der Waals surface area contributed by atoms with Crippen molar-refractivity contribution in [1.82, 2.24) is 14.8 Å². The lowest BCUT2D eigenvalue weighted by Crippen LogP contribution is -2.20. The van der Waals surface area contributed by atoms with E-state index < -0.39 is 0 Å². The molecule has 1 unspecified atom stereocenters. The summed E-state index contributed by atoms with van der Waals surface area (Å²) in [5.41, 5.74) is 3.46. The fourth-order valence-electron chi connectivity index (χ4n) is 3.72. The van der Waals surface area contributed by atoms with E-state index in [1.165, 1.54) is 7.11 Å². The molecule has 0 spiro atoms. The van der Waals surface area contributed by atoms with Crippen LogP contribution in [0.3, 0.4) is 0 Å². The first kappa shape index (κ1) is 19.6. The van der Waals surface area contributed by atoms with Gasteiger partial charge >= 0.3 is 0 Å². The molecule has 0 radical (unpaired) electrons. The smallest absolute Gasteiger partial charge is 0.261 e. The molecule has 0 aliphatic carbocycles. The fourth-order valence-corrected chi connectivity index (χ4v) is 3.72. The molecule has 1 amide bonds. The Hall–Kier alpha value is -4.39. The van der Waals surface area contributed by atoms with Crippen LogP contribution in [-0.2, 0) is 0 Å². The highest BCUT2D eigenvalue weighted by Crippen LogP contribution is 2.33. The van der Waals surface area contributed by atoms with E-state index in [1.54, 1.807) is 22.9 Å². The minimum Gasteiger partial charge on any atom is -0.496 e. The van der Waals surface area contributed by atoms with Crippen molar-refractivity contribution < 1.29 is 9.53 Å². The maximum Gasteiger partial charge on any atom is 0.261 e. The van der Waals surface area contributed by atoms with Crippen molar-refractivity contribution in [2.24, 2.45) is 0 Å². The number of hydrogen-bond donors (Lipinski definition) is 2. The number of anilines is 2. The van der Waals surface area contributed by atoms with Gasteiger partial charge in [0.25, 0.3) is 11.9 Å². The summed E-state index contributed by atoms with van der Waals surface area (Å²) in [7, 11) is 1.53. The van der Waals surface area contributed by atoms with Crippen molar-refractivity contribution in [1.29, 1.82) is 0 Å². The first-order valence-electron chi connectivity index (χ1n) is 10.2.